The number of unbranched alkanes of at least 4 members (excludes halogenated alkanes) is 2. The van der Waals surface area contributed by atoms with Crippen molar-refractivity contribution in [1.29, 1.82) is 0 Å². The van der Waals surface area contributed by atoms with Gasteiger partial charge in [-0.25, -0.2) is 9.37 Å². The average molecular weight is 772 g/mol. The van der Waals surface area contributed by atoms with Crippen LogP contribution in [0.5, 0.6) is 5.75 Å². The summed E-state index contributed by atoms with van der Waals surface area (Å²) in [4.78, 5) is 33.2. The van der Waals surface area contributed by atoms with Gasteiger partial charge in [0.25, 0.3) is 5.91 Å². The second kappa shape index (κ2) is 19.5. The van der Waals surface area contributed by atoms with E-state index in [1.807, 2.05) is 91.2 Å². The highest BCUT2D eigenvalue weighted by Crippen LogP contribution is 2.32. The molecule has 48 heavy (non-hydrogen) atoms. The third-order valence-electron chi connectivity index (χ3n) is 8.57. The molecule has 8 nitrogen and oxygen atoms in total. The Balaban J connectivity index is 0.000000254. The summed E-state index contributed by atoms with van der Waals surface area (Å²) < 4.78 is 21.6. The summed E-state index contributed by atoms with van der Waals surface area (Å²) in [7, 11) is 1.46. The van der Waals surface area contributed by atoms with Gasteiger partial charge in [-0.3, -0.25) is 19.0 Å². The van der Waals surface area contributed by atoms with E-state index in [1.165, 1.54) is 25.5 Å². The fraction of sp³-hybridized carbons (Fsp3) is 0.474. The van der Waals surface area contributed by atoms with Crippen LogP contribution in [0.1, 0.15) is 101 Å². The van der Waals surface area contributed by atoms with E-state index in [1.54, 1.807) is 18.5 Å². The fourth-order valence-electron chi connectivity index (χ4n) is 5.71. The molecule has 0 radical (unpaired) electrons. The van der Waals surface area contributed by atoms with E-state index in [0.29, 0.717) is 9.13 Å². The molecule has 1 aliphatic carbocycles. The first-order valence-corrected chi connectivity index (χ1v) is 18.3. The Morgan fingerprint density at radius 1 is 1.04 bits per heavy atom. The Morgan fingerprint density at radius 3 is 2.38 bits per heavy atom. The summed E-state index contributed by atoms with van der Waals surface area (Å²) >= 11 is 1.98. The molecule has 2 heterocycles. The zero-order valence-electron chi connectivity index (χ0n) is 29.4. The zero-order valence-corrected chi connectivity index (χ0v) is 31.6. The van der Waals surface area contributed by atoms with Crippen molar-refractivity contribution < 1.29 is 18.7 Å². The average Bonchev–Trinajstić information content (AvgIpc) is 3.74. The molecule has 4 aromatic rings. The van der Waals surface area contributed by atoms with Gasteiger partial charge in [-0.15, -0.1) is 0 Å². The van der Waals surface area contributed by atoms with Crippen molar-refractivity contribution in [2.45, 2.75) is 105 Å². The number of hydrogen-bond acceptors (Lipinski definition) is 5. The molecule has 0 saturated heterocycles. The van der Waals surface area contributed by atoms with Crippen molar-refractivity contribution in [3.05, 3.63) is 81.2 Å². The molecule has 3 atom stereocenters. The maximum absolute atomic E-state index is 14.2. The second-order valence-corrected chi connectivity index (χ2v) is 13.0. The van der Waals surface area contributed by atoms with Crippen LogP contribution in [0.4, 0.5) is 4.39 Å². The summed E-state index contributed by atoms with van der Waals surface area (Å²) in [5, 5.41) is 6.29. The fourth-order valence-corrected chi connectivity index (χ4v) is 6.44. The van der Waals surface area contributed by atoms with Gasteiger partial charge in [0.05, 0.1) is 28.3 Å². The van der Waals surface area contributed by atoms with E-state index < -0.39 is 0 Å². The predicted octanol–water partition coefficient (Wildman–Crippen LogP) is 8.72. The van der Waals surface area contributed by atoms with Crippen LogP contribution in [-0.2, 0) is 11.2 Å². The predicted molar refractivity (Wildman–Crippen MR) is 200 cm³/mol. The van der Waals surface area contributed by atoms with E-state index in [2.05, 4.69) is 34.4 Å². The molecular formula is C38H51FIN5O3. The van der Waals surface area contributed by atoms with Gasteiger partial charge in [0, 0.05) is 41.5 Å². The first-order chi connectivity index (χ1) is 23.2. The summed E-state index contributed by atoms with van der Waals surface area (Å²) in [6.45, 7) is 12.2. The number of amides is 2. The summed E-state index contributed by atoms with van der Waals surface area (Å²) in [6.07, 6.45) is 13.4. The number of nitrogens with zero attached hydrogens (tertiary/aromatic N) is 3. The van der Waals surface area contributed by atoms with Crippen LogP contribution in [0.15, 0.2) is 55.0 Å². The molecule has 5 rings (SSSR count). The lowest BCUT2D eigenvalue weighted by atomic mass is 10.0. The number of imidazole rings is 1. The number of carbonyl (C=O) groups excluding carboxylic acids is 2. The molecule has 0 aliphatic heterocycles. The maximum Gasteiger partial charge on any atom is 0.251 e. The lowest BCUT2D eigenvalue weighted by Gasteiger charge is -2.17. The van der Waals surface area contributed by atoms with Crippen LogP contribution in [0.25, 0.3) is 16.9 Å². The molecule has 2 amide bonds. The number of rotatable bonds is 11. The lowest BCUT2D eigenvalue weighted by molar-refractivity contribution is -0.125. The summed E-state index contributed by atoms with van der Waals surface area (Å²) in [5.74, 6) is 0.106. The number of fused-ring (bicyclic) bond motifs is 1. The van der Waals surface area contributed by atoms with Gasteiger partial charge in [-0.1, -0.05) is 66.0 Å². The monoisotopic (exact) mass is 771 g/mol. The highest BCUT2D eigenvalue weighted by atomic mass is 127. The van der Waals surface area contributed by atoms with Gasteiger partial charge >= 0.3 is 0 Å². The molecule has 0 bridgehead atoms. The van der Waals surface area contributed by atoms with Gasteiger partial charge in [0.1, 0.15) is 0 Å². The van der Waals surface area contributed by atoms with Gasteiger partial charge < -0.3 is 15.4 Å². The van der Waals surface area contributed by atoms with Crippen LogP contribution in [0, 0.1) is 22.2 Å². The topological polar surface area (TPSA) is 97.6 Å². The third-order valence-corrected chi connectivity index (χ3v) is 9.63. The highest BCUT2D eigenvalue weighted by molar-refractivity contribution is 14.1. The number of aromatic nitrogens is 3. The van der Waals surface area contributed by atoms with E-state index in [4.69, 9.17) is 4.74 Å². The minimum Gasteiger partial charge on any atom is -0.494 e. The number of benzene rings is 2. The molecule has 1 fully saturated rings. The van der Waals surface area contributed by atoms with Crippen molar-refractivity contribution >= 4 is 40.1 Å². The summed E-state index contributed by atoms with van der Waals surface area (Å²) in [6, 6.07) is 11.6. The molecule has 2 aromatic heterocycles. The zero-order chi connectivity index (χ0) is 35.2. The minimum atomic E-state index is -0.355. The molecule has 1 saturated carbocycles. The number of ether oxygens (including phenoxy) is 1. The number of nitrogens with one attached hydrogen (secondary N) is 2. The SMILES string of the molecule is CC.CCCCCC(C)C(=O)NC1CCC(NC(=O)c2ccc(CC)cc2)C1.COc1ccc(-c2cnc3c(C)nccn23)c(I)c1F. The van der Waals surface area contributed by atoms with Crippen LogP contribution >= 0.6 is 22.6 Å². The molecule has 2 N–H and O–H groups in total. The number of hydrogen-bond donors (Lipinski definition) is 2. The Kier molecular flexibility index (Phi) is 15.8. The standard InChI is InChI=1S/C22H34N2O2.C14H11FIN3O.C2H6/c1-4-6-7-8-16(3)21(25)23-19-13-14-20(15-19)24-22(26)18-11-9-17(5-2)10-12-18;1-8-14-18-7-10(19(14)6-5-17-8)9-3-4-11(20-2)12(15)13(9)16;1-2/h9-12,16,19-20H,4-8,13-15H2,1-3H3,(H,23,25)(H,24,26);3-7H,1-2H3;1-2H3. The van der Waals surface area contributed by atoms with Gasteiger partial charge in [0.15, 0.2) is 17.2 Å². The van der Waals surface area contributed by atoms with E-state index in [0.717, 1.165) is 61.1 Å². The van der Waals surface area contributed by atoms with Gasteiger partial charge in [0.2, 0.25) is 5.91 Å². The largest absolute Gasteiger partial charge is 0.494 e. The highest BCUT2D eigenvalue weighted by Gasteiger charge is 2.28. The van der Waals surface area contributed by atoms with E-state index >= 15 is 0 Å². The Bertz CT molecular complexity index is 1620. The Hall–Kier alpha value is -3.54. The number of aryl methyl sites for hydroxylation is 2. The molecule has 0 spiro atoms. The van der Waals surface area contributed by atoms with Crippen molar-refractivity contribution in [3.8, 4) is 17.0 Å². The maximum atomic E-state index is 14.2. The molecule has 1 aliphatic rings. The molecule has 3 unspecified atom stereocenters. The molecule has 260 valence electrons. The first-order valence-electron chi connectivity index (χ1n) is 17.2. The normalized spacial score (nSPS) is 15.9. The first kappa shape index (κ1) is 38.9. The van der Waals surface area contributed by atoms with E-state index in [-0.39, 0.29) is 41.4 Å². The smallest absolute Gasteiger partial charge is 0.251 e. The van der Waals surface area contributed by atoms with Crippen LogP contribution in [0.2, 0.25) is 0 Å². The molecule has 10 heteroatoms. The van der Waals surface area contributed by atoms with Crippen molar-refractivity contribution in [2.75, 3.05) is 7.11 Å². The Labute approximate surface area is 298 Å². The summed E-state index contributed by atoms with van der Waals surface area (Å²) in [5.41, 5.74) is 5.16. The Morgan fingerprint density at radius 2 is 1.73 bits per heavy atom. The lowest BCUT2D eigenvalue weighted by Crippen LogP contribution is -2.39. The van der Waals surface area contributed by atoms with E-state index in [9.17, 15) is 14.0 Å². The van der Waals surface area contributed by atoms with Crippen molar-refractivity contribution in [1.82, 2.24) is 25.0 Å². The number of carbonyl (C=O) groups is 2. The quantitative estimate of drug-likeness (QED) is 0.118. The van der Waals surface area contributed by atoms with Crippen LogP contribution in [0.3, 0.4) is 0 Å². The van der Waals surface area contributed by atoms with Crippen molar-refractivity contribution in [2.24, 2.45) is 5.92 Å². The van der Waals surface area contributed by atoms with Gasteiger partial charge in [-0.2, -0.15) is 0 Å². The van der Waals surface area contributed by atoms with Crippen molar-refractivity contribution in [3.63, 3.8) is 0 Å². The number of methoxy groups -OCH3 is 1. The molecule has 2 aromatic carbocycles. The van der Waals surface area contributed by atoms with Crippen LogP contribution in [-0.4, -0.2) is 45.4 Å². The third kappa shape index (κ3) is 10.2. The van der Waals surface area contributed by atoms with Gasteiger partial charge in [-0.05, 0) is 91.4 Å². The minimum absolute atomic E-state index is 0.0161. The molecular weight excluding hydrogens is 720 g/mol. The number of halogens is 2. The van der Waals surface area contributed by atoms with Crippen LogP contribution < -0.4 is 15.4 Å². The second-order valence-electron chi connectivity index (χ2n) is 11.9.